The van der Waals surface area contributed by atoms with Crippen molar-refractivity contribution in [3.05, 3.63) is 40.7 Å². The van der Waals surface area contributed by atoms with E-state index in [1.807, 2.05) is 13.8 Å². The molecule has 23 heavy (non-hydrogen) atoms. The van der Waals surface area contributed by atoms with Crippen LogP contribution in [0, 0.1) is 13.8 Å². The van der Waals surface area contributed by atoms with Gasteiger partial charge in [-0.15, -0.1) is 0 Å². The number of halogens is 1. The molecule has 0 aliphatic heterocycles. The van der Waals surface area contributed by atoms with Crippen molar-refractivity contribution in [2.75, 3.05) is 24.3 Å². The SMILES string of the molecule is COc1cc(Cl)c(C)cc1NC(=O)CCNc1ncc(C)cn1. The quantitative estimate of drug-likeness (QED) is 0.848. The molecule has 2 aromatic rings. The van der Waals surface area contributed by atoms with Gasteiger partial charge in [-0.25, -0.2) is 9.97 Å². The number of benzene rings is 1. The van der Waals surface area contributed by atoms with Crippen LogP contribution in [-0.4, -0.2) is 29.5 Å². The second-order valence-corrected chi connectivity index (χ2v) is 5.52. The van der Waals surface area contributed by atoms with Gasteiger partial charge in [0.25, 0.3) is 0 Å². The van der Waals surface area contributed by atoms with E-state index >= 15 is 0 Å². The lowest BCUT2D eigenvalue weighted by molar-refractivity contribution is -0.116. The number of methoxy groups -OCH3 is 1. The first kappa shape index (κ1) is 17.0. The number of anilines is 2. The molecule has 0 bridgehead atoms. The standard InChI is InChI=1S/C16H19ClN4O2/c1-10-8-19-16(20-9-10)18-5-4-15(22)21-13-6-11(2)12(17)7-14(13)23-3/h6-9H,4-5H2,1-3H3,(H,21,22)(H,18,19,20). The Balaban J connectivity index is 1.89. The zero-order chi connectivity index (χ0) is 16.8. The van der Waals surface area contributed by atoms with Gasteiger partial charge in [-0.05, 0) is 31.0 Å². The smallest absolute Gasteiger partial charge is 0.226 e. The molecule has 1 aromatic heterocycles. The van der Waals surface area contributed by atoms with E-state index in [4.69, 9.17) is 16.3 Å². The van der Waals surface area contributed by atoms with E-state index < -0.39 is 0 Å². The maximum Gasteiger partial charge on any atom is 0.226 e. The molecule has 0 spiro atoms. The summed E-state index contributed by atoms with van der Waals surface area (Å²) in [6.07, 6.45) is 3.72. The fraction of sp³-hybridized carbons (Fsp3) is 0.312. The number of hydrogen-bond acceptors (Lipinski definition) is 5. The number of aryl methyl sites for hydroxylation is 2. The summed E-state index contributed by atoms with van der Waals surface area (Å²) in [5.74, 6) is 0.900. The van der Waals surface area contributed by atoms with Crippen LogP contribution in [0.2, 0.25) is 5.02 Å². The van der Waals surface area contributed by atoms with Gasteiger partial charge in [-0.3, -0.25) is 4.79 Å². The van der Waals surface area contributed by atoms with Gasteiger partial charge < -0.3 is 15.4 Å². The molecule has 1 amide bonds. The molecule has 2 rings (SSSR count). The van der Waals surface area contributed by atoms with Crippen LogP contribution < -0.4 is 15.4 Å². The highest BCUT2D eigenvalue weighted by Crippen LogP contribution is 2.30. The largest absolute Gasteiger partial charge is 0.495 e. The van der Waals surface area contributed by atoms with E-state index in [2.05, 4.69) is 20.6 Å². The lowest BCUT2D eigenvalue weighted by Crippen LogP contribution is -2.17. The summed E-state index contributed by atoms with van der Waals surface area (Å²) in [6.45, 7) is 4.22. The van der Waals surface area contributed by atoms with Gasteiger partial charge in [0.05, 0.1) is 12.8 Å². The Hall–Kier alpha value is -2.34. The number of nitrogens with one attached hydrogen (secondary N) is 2. The number of rotatable bonds is 6. The fourth-order valence-electron chi connectivity index (χ4n) is 1.91. The van der Waals surface area contributed by atoms with Crippen molar-refractivity contribution in [1.29, 1.82) is 0 Å². The Morgan fingerprint density at radius 2 is 1.96 bits per heavy atom. The number of carbonyl (C=O) groups excluding carboxylic acids is 1. The third kappa shape index (κ3) is 4.82. The van der Waals surface area contributed by atoms with Gasteiger partial charge in [0.1, 0.15) is 5.75 Å². The number of ether oxygens (including phenoxy) is 1. The monoisotopic (exact) mass is 334 g/mol. The second kappa shape index (κ2) is 7.78. The van der Waals surface area contributed by atoms with E-state index in [1.165, 1.54) is 7.11 Å². The van der Waals surface area contributed by atoms with Crippen molar-refractivity contribution in [2.45, 2.75) is 20.3 Å². The molecule has 1 heterocycles. The Kier molecular flexibility index (Phi) is 5.76. The first-order valence-electron chi connectivity index (χ1n) is 7.16. The molecule has 1 aromatic carbocycles. The minimum atomic E-state index is -0.135. The highest BCUT2D eigenvalue weighted by Gasteiger charge is 2.10. The van der Waals surface area contributed by atoms with Crippen molar-refractivity contribution >= 4 is 29.1 Å². The molecule has 0 saturated carbocycles. The lowest BCUT2D eigenvalue weighted by atomic mass is 10.2. The van der Waals surface area contributed by atoms with Crippen LogP contribution in [0.4, 0.5) is 11.6 Å². The van der Waals surface area contributed by atoms with Gasteiger partial charge >= 0.3 is 0 Å². The summed E-state index contributed by atoms with van der Waals surface area (Å²) in [4.78, 5) is 20.3. The molecule has 0 atom stereocenters. The molecule has 2 N–H and O–H groups in total. The van der Waals surface area contributed by atoms with Crippen molar-refractivity contribution in [3.8, 4) is 5.75 Å². The van der Waals surface area contributed by atoms with Crippen LogP contribution in [-0.2, 0) is 4.79 Å². The molecule has 0 unspecified atom stereocenters. The van der Waals surface area contributed by atoms with Gasteiger partial charge in [0.2, 0.25) is 11.9 Å². The van der Waals surface area contributed by atoms with Gasteiger partial charge in [0.15, 0.2) is 0 Å². The van der Waals surface area contributed by atoms with Crippen LogP contribution in [0.5, 0.6) is 5.75 Å². The normalized spacial score (nSPS) is 10.3. The van der Waals surface area contributed by atoms with Crippen molar-refractivity contribution in [2.24, 2.45) is 0 Å². The van der Waals surface area contributed by atoms with Crippen LogP contribution in [0.25, 0.3) is 0 Å². The lowest BCUT2D eigenvalue weighted by Gasteiger charge is -2.12. The Labute approximate surface area is 140 Å². The van der Waals surface area contributed by atoms with Crippen molar-refractivity contribution < 1.29 is 9.53 Å². The fourth-order valence-corrected chi connectivity index (χ4v) is 2.07. The van der Waals surface area contributed by atoms with Crippen molar-refractivity contribution in [1.82, 2.24) is 9.97 Å². The third-order valence-corrected chi connectivity index (χ3v) is 3.58. The molecule has 0 aliphatic carbocycles. The zero-order valence-corrected chi connectivity index (χ0v) is 14.1. The minimum Gasteiger partial charge on any atom is -0.495 e. The summed E-state index contributed by atoms with van der Waals surface area (Å²) in [6, 6.07) is 3.47. The average Bonchev–Trinajstić information content (AvgIpc) is 2.52. The summed E-state index contributed by atoms with van der Waals surface area (Å²) in [5.41, 5.74) is 2.46. The predicted molar refractivity (Wildman–Crippen MR) is 91.2 cm³/mol. The molecule has 0 saturated heterocycles. The van der Waals surface area contributed by atoms with Gasteiger partial charge in [-0.2, -0.15) is 0 Å². The minimum absolute atomic E-state index is 0.135. The Morgan fingerprint density at radius 1 is 1.26 bits per heavy atom. The van der Waals surface area contributed by atoms with Crippen LogP contribution in [0.15, 0.2) is 24.5 Å². The van der Waals surface area contributed by atoms with E-state index in [-0.39, 0.29) is 12.3 Å². The molecular formula is C16H19ClN4O2. The maximum absolute atomic E-state index is 12.0. The zero-order valence-electron chi connectivity index (χ0n) is 13.3. The summed E-state index contributed by atoms with van der Waals surface area (Å²) in [7, 11) is 1.53. The summed E-state index contributed by atoms with van der Waals surface area (Å²) in [5, 5.41) is 6.42. The Bertz CT molecular complexity index is 689. The number of nitrogens with zero attached hydrogens (tertiary/aromatic N) is 2. The number of hydrogen-bond donors (Lipinski definition) is 2. The van der Waals surface area contributed by atoms with Gasteiger partial charge in [-0.1, -0.05) is 11.6 Å². The van der Waals surface area contributed by atoms with E-state index in [0.29, 0.717) is 29.0 Å². The maximum atomic E-state index is 12.0. The first-order chi connectivity index (χ1) is 11.0. The Morgan fingerprint density at radius 3 is 2.61 bits per heavy atom. The highest BCUT2D eigenvalue weighted by atomic mass is 35.5. The molecule has 6 nitrogen and oxygen atoms in total. The third-order valence-electron chi connectivity index (χ3n) is 3.17. The molecule has 122 valence electrons. The number of aromatic nitrogens is 2. The second-order valence-electron chi connectivity index (χ2n) is 5.11. The molecule has 0 aliphatic rings. The van der Waals surface area contributed by atoms with E-state index in [1.54, 1.807) is 24.5 Å². The van der Waals surface area contributed by atoms with Gasteiger partial charge in [0, 0.05) is 36.4 Å². The van der Waals surface area contributed by atoms with E-state index in [9.17, 15) is 4.79 Å². The molecule has 0 fully saturated rings. The number of amides is 1. The molecular weight excluding hydrogens is 316 g/mol. The van der Waals surface area contributed by atoms with Crippen LogP contribution in [0.3, 0.4) is 0 Å². The summed E-state index contributed by atoms with van der Waals surface area (Å²) < 4.78 is 5.23. The molecule has 0 radical (unpaired) electrons. The van der Waals surface area contributed by atoms with E-state index in [0.717, 1.165) is 11.1 Å². The topological polar surface area (TPSA) is 76.1 Å². The average molecular weight is 335 g/mol. The molecule has 7 heteroatoms. The first-order valence-corrected chi connectivity index (χ1v) is 7.54. The van der Waals surface area contributed by atoms with Crippen molar-refractivity contribution in [3.63, 3.8) is 0 Å². The van der Waals surface area contributed by atoms with Crippen LogP contribution >= 0.6 is 11.6 Å². The highest BCUT2D eigenvalue weighted by molar-refractivity contribution is 6.31. The number of carbonyl (C=O) groups is 1. The summed E-state index contributed by atoms with van der Waals surface area (Å²) >= 11 is 6.05. The predicted octanol–water partition coefficient (Wildman–Crippen LogP) is 3.20. The van der Waals surface area contributed by atoms with Crippen LogP contribution in [0.1, 0.15) is 17.5 Å².